The summed E-state index contributed by atoms with van der Waals surface area (Å²) in [6.45, 7) is 3.86. The lowest BCUT2D eigenvalue weighted by Gasteiger charge is -2.26. The third-order valence-electron chi connectivity index (χ3n) is 4.80. The molecule has 2 aliphatic rings. The zero-order valence-corrected chi connectivity index (χ0v) is 17.2. The van der Waals surface area contributed by atoms with Crippen molar-refractivity contribution in [3.63, 3.8) is 0 Å². The maximum absolute atomic E-state index is 12.9. The van der Waals surface area contributed by atoms with Crippen molar-refractivity contribution in [1.82, 2.24) is 9.21 Å². The Hall–Kier alpha value is -1.68. The minimum atomic E-state index is -3.87. The fourth-order valence-electron chi connectivity index (χ4n) is 3.23. The maximum Gasteiger partial charge on any atom is 0.338 e. The normalized spacial score (nSPS) is 19.4. The van der Waals surface area contributed by atoms with Gasteiger partial charge in [0.15, 0.2) is 6.10 Å². The van der Waals surface area contributed by atoms with Gasteiger partial charge in [-0.2, -0.15) is 4.31 Å². The Morgan fingerprint density at radius 2 is 1.79 bits per heavy atom. The summed E-state index contributed by atoms with van der Waals surface area (Å²) in [6.07, 6.45) is 0.930. The Morgan fingerprint density at radius 1 is 1.14 bits per heavy atom. The summed E-state index contributed by atoms with van der Waals surface area (Å²) in [7, 11) is -3.87. The van der Waals surface area contributed by atoms with Gasteiger partial charge < -0.3 is 14.4 Å². The summed E-state index contributed by atoms with van der Waals surface area (Å²) in [5, 5.41) is 0.0178. The second kappa shape index (κ2) is 8.77. The van der Waals surface area contributed by atoms with Gasteiger partial charge in [0.1, 0.15) is 4.90 Å². The van der Waals surface area contributed by atoms with Crippen molar-refractivity contribution < 1.29 is 27.5 Å². The first kappa shape index (κ1) is 21.0. The van der Waals surface area contributed by atoms with E-state index in [9.17, 15) is 18.0 Å². The molecule has 0 aliphatic carbocycles. The highest BCUT2D eigenvalue weighted by molar-refractivity contribution is 7.89. The van der Waals surface area contributed by atoms with E-state index in [1.807, 2.05) is 0 Å². The van der Waals surface area contributed by atoms with E-state index in [0.717, 1.165) is 12.8 Å². The Bertz CT molecular complexity index is 848. The van der Waals surface area contributed by atoms with Crippen LogP contribution in [0.5, 0.6) is 0 Å². The van der Waals surface area contributed by atoms with Crippen LogP contribution in [0.1, 0.15) is 30.1 Å². The number of carbonyl (C=O) groups excluding carboxylic acids is 2. The molecule has 1 aromatic rings. The van der Waals surface area contributed by atoms with E-state index in [1.54, 1.807) is 4.90 Å². The second-order valence-electron chi connectivity index (χ2n) is 6.74. The number of hydrogen-bond acceptors (Lipinski definition) is 6. The van der Waals surface area contributed by atoms with Gasteiger partial charge in [0.2, 0.25) is 10.0 Å². The van der Waals surface area contributed by atoms with Crippen molar-refractivity contribution in [2.24, 2.45) is 0 Å². The van der Waals surface area contributed by atoms with Crippen molar-refractivity contribution in [3.05, 3.63) is 28.8 Å². The molecular weight excluding hydrogens is 408 g/mol. The van der Waals surface area contributed by atoms with Crippen molar-refractivity contribution in [1.29, 1.82) is 0 Å². The summed E-state index contributed by atoms with van der Waals surface area (Å²) in [5.74, 6) is -1.02. The molecule has 0 spiro atoms. The molecule has 0 radical (unpaired) electrons. The van der Waals surface area contributed by atoms with Gasteiger partial charge in [-0.3, -0.25) is 4.79 Å². The fraction of sp³-hybridized carbons (Fsp3) is 0.556. The van der Waals surface area contributed by atoms with E-state index < -0.39 is 22.1 Å². The molecule has 28 heavy (non-hydrogen) atoms. The first-order valence-electron chi connectivity index (χ1n) is 9.18. The zero-order valence-electron chi connectivity index (χ0n) is 15.6. The molecule has 0 aromatic heterocycles. The maximum atomic E-state index is 12.9. The number of nitrogens with zero attached hydrogens (tertiary/aromatic N) is 2. The average molecular weight is 431 g/mol. The number of likely N-dealkylation sites (tertiary alicyclic amines) is 1. The largest absolute Gasteiger partial charge is 0.449 e. The molecule has 2 aliphatic heterocycles. The molecule has 2 heterocycles. The minimum Gasteiger partial charge on any atom is -0.449 e. The molecule has 1 aromatic carbocycles. The van der Waals surface area contributed by atoms with Gasteiger partial charge in [-0.1, -0.05) is 11.6 Å². The topological polar surface area (TPSA) is 93.2 Å². The van der Waals surface area contributed by atoms with Crippen LogP contribution in [0.25, 0.3) is 0 Å². The number of halogens is 1. The number of esters is 1. The van der Waals surface area contributed by atoms with Crippen LogP contribution in [0.15, 0.2) is 23.1 Å². The summed E-state index contributed by atoms with van der Waals surface area (Å²) in [6, 6.07) is 3.93. The van der Waals surface area contributed by atoms with Gasteiger partial charge in [-0.15, -0.1) is 0 Å². The molecule has 10 heteroatoms. The van der Waals surface area contributed by atoms with Gasteiger partial charge in [-0.25, -0.2) is 13.2 Å². The van der Waals surface area contributed by atoms with Crippen molar-refractivity contribution in [2.45, 2.75) is 30.8 Å². The number of morpholine rings is 1. The molecule has 2 fully saturated rings. The van der Waals surface area contributed by atoms with Crippen molar-refractivity contribution in [2.75, 3.05) is 39.4 Å². The summed E-state index contributed by atoms with van der Waals surface area (Å²) in [5.41, 5.74) is 0.0253. The first-order valence-corrected chi connectivity index (χ1v) is 11.0. The summed E-state index contributed by atoms with van der Waals surface area (Å²) < 4.78 is 37.4. The van der Waals surface area contributed by atoms with E-state index in [2.05, 4.69) is 0 Å². The van der Waals surface area contributed by atoms with Crippen LogP contribution in [-0.4, -0.2) is 75.0 Å². The fourth-order valence-corrected chi connectivity index (χ4v) is 5.14. The van der Waals surface area contributed by atoms with Crippen LogP contribution >= 0.6 is 11.6 Å². The third kappa shape index (κ3) is 4.48. The van der Waals surface area contributed by atoms with Crippen LogP contribution in [0.3, 0.4) is 0 Å². The Labute approximate surface area is 169 Å². The van der Waals surface area contributed by atoms with E-state index in [4.69, 9.17) is 21.1 Å². The molecule has 3 rings (SSSR count). The van der Waals surface area contributed by atoms with Crippen molar-refractivity contribution >= 4 is 33.5 Å². The molecular formula is C18H23ClN2O6S. The number of ether oxygens (including phenoxy) is 2. The molecule has 154 valence electrons. The molecule has 0 bridgehead atoms. The number of benzene rings is 1. The number of amides is 1. The van der Waals surface area contributed by atoms with Crippen LogP contribution in [-0.2, 0) is 24.3 Å². The molecule has 1 amide bonds. The lowest BCUT2D eigenvalue weighted by molar-refractivity contribution is -0.138. The van der Waals surface area contributed by atoms with Gasteiger partial charge in [0, 0.05) is 26.2 Å². The highest BCUT2D eigenvalue weighted by Gasteiger charge is 2.30. The van der Waals surface area contributed by atoms with E-state index in [0.29, 0.717) is 26.3 Å². The summed E-state index contributed by atoms with van der Waals surface area (Å²) >= 11 is 6.10. The number of hydrogen-bond donors (Lipinski definition) is 0. The van der Waals surface area contributed by atoms with Gasteiger partial charge in [-0.05, 0) is 38.0 Å². The third-order valence-corrected chi connectivity index (χ3v) is 7.18. The highest BCUT2D eigenvalue weighted by atomic mass is 35.5. The van der Waals surface area contributed by atoms with Crippen molar-refractivity contribution in [3.8, 4) is 0 Å². The predicted octanol–water partition coefficient (Wildman–Crippen LogP) is 1.53. The van der Waals surface area contributed by atoms with E-state index >= 15 is 0 Å². The quantitative estimate of drug-likeness (QED) is 0.657. The minimum absolute atomic E-state index is 0.0178. The van der Waals surface area contributed by atoms with Crippen LogP contribution in [0.2, 0.25) is 5.02 Å². The highest BCUT2D eigenvalue weighted by Crippen LogP contribution is 2.27. The van der Waals surface area contributed by atoms with E-state index in [1.165, 1.54) is 29.4 Å². The Balaban J connectivity index is 1.76. The van der Waals surface area contributed by atoms with Crippen LogP contribution in [0, 0.1) is 0 Å². The van der Waals surface area contributed by atoms with Gasteiger partial charge in [0.05, 0.1) is 23.8 Å². The monoisotopic (exact) mass is 430 g/mol. The number of carbonyl (C=O) groups is 2. The lowest BCUT2D eigenvalue weighted by atomic mass is 10.2. The summed E-state index contributed by atoms with van der Waals surface area (Å²) in [4.78, 5) is 26.3. The van der Waals surface area contributed by atoms with Gasteiger partial charge in [0.25, 0.3) is 5.91 Å². The molecule has 2 saturated heterocycles. The molecule has 1 atom stereocenters. The molecule has 0 saturated carbocycles. The Kier molecular flexibility index (Phi) is 6.59. The molecule has 1 unspecified atom stereocenters. The standard InChI is InChI=1S/C18H23ClN2O6S/c1-13(17(22)20-6-2-3-7-20)27-18(23)14-4-5-15(19)16(12-14)28(24,25)21-8-10-26-11-9-21/h4-5,12-13H,2-3,6-11H2,1H3. The molecule has 0 N–H and O–H groups in total. The van der Waals surface area contributed by atoms with E-state index in [-0.39, 0.29) is 34.5 Å². The van der Waals surface area contributed by atoms with Gasteiger partial charge >= 0.3 is 5.97 Å². The van der Waals surface area contributed by atoms with Crippen LogP contribution < -0.4 is 0 Å². The average Bonchev–Trinajstić information content (AvgIpc) is 3.23. The number of rotatable bonds is 5. The predicted molar refractivity (Wildman–Crippen MR) is 102 cm³/mol. The molecule has 8 nitrogen and oxygen atoms in total. The zero-order chi connectivity index (χ0) is 20.3. The number of sulfonamides is 1. The van der Waals surface area contributed by atoms with Crippen LogP contribution in [0.4, 0.5) is 0 Å². The smallest absolute Gasteiger partial charge is 0.338 e. The SMILES string of the molecule is CC(OC(=O)c1ccc(Cl)c(S(=O)(=O)N2CCOCC2)c1)C(=O)N1CCCC1. The lowest BCUT2D eigenvalue weighted by Crippen LogP contribution is -2.40. The Morgan fingerprint density at radius 3 is 2.43 bits per heavy atom. The first-order chi connectivity index (χ1) is 13.3. The second-order valence-corrected chi connectivity index (χ2v) is 9.06.